The van der Waals surface area contributed by atoms with Gasteiger partial charge >= 0.3 is 0 Å². The van der Waals surface area contributed by atoms with Gasteiger partial charge in [0.05, 0.1) is 17.7 Å². The van der Waals surface area contributed by atoms with Crippen LogP contribution in [0.4, 0.5) is 0 Å². The number of pyridine rings is 1. The molecule has 0 radical (unpaired) electrons. The van der Waals surface area contributed by atoms with Gasteiger partial charge in [-0.1, -0.05) is 49.4 Å². The molecule has 0 spiro atoms. The van der Waals surface area contributed by atoms with Crippen LogP contribution in [0.1, 0.15) is 29.3 Å². The van der Waals surface area contributed by atoms with Crippen LogP contribution in [-0.4, -0.2) is 33.8 Å². The Morgan fingerprint density at radius 3 is 2.58 bits per heavy atom. The number of hydrogen-bond donors (Lipinski definition) is 2. The predicted molar refractivity (Wildman–Crippen MR) is 145 cm³/mol. The molecule has 0 fully saturated rings. The van der Waals surface area contributed by atoms with Crippen molar-refractivity contribution in [2.45, 2.75) is 19.8 Å². The molecule has 184 valence electrons. The molecule has 6 nitrogen and oxygen atoms in total. The fraction of sp³-hybridized carbons (Fsp3) is 0.200. The van der Waals surface area contributed by atoms with Crippen molar-refractivity contribution in [1.29, 1.82) is 0 Å². The summed E-state index contributed by atoms with van der Waals surface area (Å²) in [7, 11) is 2.03. The minimum absolute atomic E-state index is 0.216. The lowest BCUT2D eigenvalue weighted by Crippen LogP contribution is -2.13. The van der Waals surface area contributed by atoms with E-state index in [2.05, 4.69) is 33.9 Å². The Morgan fingerprint density at radius 1 is 1.03 bits per heavy atom. The van der Waals surface area contributed by atoms with Crippen molar-refractivity contribution in [1.82, 2.24) is 9.55 Å². The van der Waals surface area contributed by atoms with Crippen LogP contribution in [0.5, 0.6) is 5.75 Å². The molecule has 0 aliphatic carbocycles. The molecule has 6 heteroatoms. The first-order chi connectivity index (χ1) is 17.5. The second kappa shape index (κ2) is 11.5. The number of nitrogens with zero attached hydrogens (tertiary/aromatic N) is 2. The summed E-state index contributed by atoms with van der Waals surface area (Å²) in [6, 6.07) is 23.7. The Kier molecular flexibility index (Phi) is 7.98. The summed E-state index contributed by atoms with van der Waals surface area (Å²) >= 11 is 0. The van der Waals surface area contributed by atoms with E-state index in [1.54, 1.807) is 18.3 Å². The summed E-state index contributed by atoms with van der Waals surface area (Å²) in [5, 5.41) is 11.2. The number of carbonyl (C=O) groups is 1. The number of hydrogen-bond acceptors (Lipinski definition) is 4. The van der Waals surface area contributed by atoms with Gasteiger partial charge in [0, 0.05) is 47.9 Å². The zero-order chi connectivity index (χ0) is 25.5. The fourth-order valence-electron chi connectivity index (χ4n) is 4.21. The number of ether oxygens (including phenoxy) is 1. The van der Waals surface area contributed by atoms with Crippen LogP contribution in [0.15, 0.2) is 85.2 Å². The molecule has 1 amide bonds. The summed E-state index contributed by atoms with van der Waals surface area (Å²) in [5.41, 5.74) is 11.1. The van der Waals surface area contributed by atoms with Gasteiger partial charge in [-0.15, -0.1) is 0 Å². The molecule has 2 heterocycles. The second-order valence-corrected chi connectivity index (χ2v) is 8.60. The molecule has 0 atom stereocenters. The Labute approximate surface area is 211 Å². The first-order valence-electron chi connectivity index (χ1n) is 12.1. The molecule has 0 saturated heterocycles. The largest absolute Gasteiger partial charge is 0.493 e. The molecule has 0 saturated carbocycles. The lowest BCUT2D eigenvalue weighted by Gasteiger charge is -2.11. The Morgan fingerprint density at radius 2 is 1.81 bits per heavy atom. The second-order valence-electron chi connectivity index (χ2n) is 8.60. The Balaban J connectivity index is 0.000000197. The van der Waals surface area contributed by atoms with E-state index in [0.29, 0.717) is 17.9 Å². The van der Waals surface area contributed by atoms with E-state index < -0.39 is 5.91 Å². The minimum Gasteiger partial charge on any atom is -0.493 e. The molecule has 0 aliphatic rings. The summed E-state index contributed by atoms with van der Waals surface area (Å²) in [4.78, 5) is 16.2. The van der Waals surface area contributed by atoms with Gasteiger partial charge in [-0.2, -0.15) is 0 Å². The van der Waals surface area contributed by atoms with Gasteiger partial charge in [-0.3, -0.25) is 9.78 Å². The van der Waals surface area contributed by atoms with Gasteiger partial charge < -0.3 is 20.1 Å². The fourth-order valence-corrected chi connectivity index (χ4v) is 4.21. The van der Waals surface area contributed by atoms with Crippen molar-refractivity contribution in [3.63, 3.8) is 0 Å². The van der Waals surface area contributed by atoms with Crippen LogP contribution in [0, 0.1) is 0 Å². The highest BCUT2D eigenvalue weighted by Gasteiger charge is 2.12. The Bertz CT molecular complexity index is 1490. The molecule has 2 aromatic heterocycles. The highest BCUT2D eigenvalue weighted by molar-refractivity contribution is 5.97. The van der Waals surface area contributed by atoms with E-state index in [0.717, 1.165) is 34.9 Å². The van der Waals surface area contributed by atoms with Crippen molar-refractivity contribution in [2.75, 3.05) is 13.2 Å². The van der Waals surface area contributed by atoms with Crippen LogP contribution in [0.25, 0.3) is 32.9 Å². The quantitative estimate of drug-likeness (QED) is 0.321. The monoisotopic (exact) mass is 481 g/mol. The van der Waals surface area contributed by atoms with Crippen LogP contribution in [-0.2, 0) is 13.5 Å². The van der Waals surface area contributed by atoms with E-state index in [4.69, 9.17) is 15.6 Å². The number of nitrogens with two attached hydrogens (primary N) is 1. The van der Waals surface area contributed by atoms with E-state index in [9.17, 15) is 4.79 Å². The van der Waals surface area contributed by atoms with Gasteiger partial charge in [-0.25, -0.2) is 0 Å². The van der Waals surface area contributed by atoms with E-state index in [-0.39, 0.29) is 6.61 Å². The Hall–Kier alpha value is -4.16. The summed E-state index contributed by atoms with van der Waals surface area (Å²) in [6.45, 7) is 2.78. The molecular formula is C30H31N3O3. The summed E-state index contributed by atoms with van der Waals surface area (Å²) in [6.07, 6.45) is 5.49. The van der Waals surface area contributed by atoms with E-state index >= 15 is 0 Å². The minimum atomic E-state index is -0.494. The molecule has 36 heavy (non-hydrogen) atoms. The van der Waals surface area contributed by atoms with Crippen molar-refractivity contribution < 1.29 is 14.6 Å². The van der Waals surface area contributed by atoms with Gasteiger partial charge in [0.15, 0.2) is 0 Å². The lowest BCUT2D eigenvalue weighted by molar-refractivity contribution is 0.0996. The first kappa shape index (κ1) is 24.9. The number of rotatable bonds is 7. The lowest BCUT2D eigenvalue weighted by atomic mass is 10.0. The van der Waals surface area contributed by atoms with Gasteiger partial charge in [-0.05, 0) is 54.3 Å². The third-order valence-electron chi connectivity index (χ3n) is 5.99. The molecule has 0 aliphatic heterocycles. The predicted octanol–water partition coefficient (Wildman–Crippen LogP) is 5.50. The van der Waals surface area contributed by atoms with Crippen LogP contribution in [0.3, 0.4) is 0 Å². The zero-order valence-corrected chi connectivity index (χ0v) is 20.6. The molecule has 0 bridgehead atoms. The van der Waals surface area contributed by atoms with Crippen molar-refractivity contribution in [3.05, 3.63) is 96.3 Å². The normalized spacial score (nSPS) is 10.8. The van der Waals surface area contributed by atoms with Gasteiger partial charge in [0.1, 0.15) is 5.75 Å². The number of carbonyl (C=O) groups excluding carboxylic acids is 1. The average molecular weight is 482 g/mol. The number of aryl methyl sites for hydroxylation is 1. The smallest absolute Gasteiger partial charge is 0.252 e. The summed E-state index contributed by atoms with van der Waals surface area (Å²) < 4.78 is 7.69. The number of aliphatic hydroxyl groups excluding tert-OH is 1. The summed E-state index contributed by atoms with van der Waals surface area (Å²) in [5.74, 6) is 0.0311. The topological polar surface area (TPSA) is 90.4 Å². The number of aliphatic hydroxyl groups is 1. The highest BCUT2D eigenvalue weighted by atomic mass is 16.5. The van der Waals surface area contributed by atoms with Crippen LogP contribution < -0.4 is 10.5 Å². The average Bonchev–Trinajstić information content (AvgIpc) is 3.23. The maximum absolute atomic E-state index is 11.7. The maximum Gasteiger partial charge on any atom is 0.252 e. The maximum atomic E-state index is 11.7. The van der Waals surface area contributed by atoms with Gasteiger partial charge in [0.25, 0.3) is 5.91 Å². The van der Waals surface area contributed by atoms with Crippen LogP contribution in [0.2, 0.25) is 0 Å². The molecule has 0 unspecified atom stereocenters. The third kappa shape index (κ3) is 5.56. The van der Waals surface area contributed by atoms with Crippen LogP contribution >= 0.6 is 0 Å². The standard InChI is InChI=1S/C19H18N2O2.C11H13NO/c1-2-9-23-18-8-7-13(11-16(18)19(20)22)15-10-14-5-3-4-6-17(14)21-12-15;1-12-8-9(6-7-13)10-4-2-3-5-11(10)12/h3-8,10-12H,2,9H2,1H3,(H2,20,22);2-5,8,13H,6-7H2,1H3. The molecular weight excluding hydrogens is 450 g/mol. The van der Waals surface area contributed by atoms with Crippen molar-refractivity contribution in [2.24, 2.45) is 12.8 Å². The molecule has 3 aromatic carbocycles. The number of primary amides is 1. The van der Waals surface area contributed by atoms with Crippen molar-refractivity contribution >= 4 is 27.7 Å². The number of para-hydroxylation sites is 2. The molecule has 3 N–H and O–H groups in total. The highest BCUT2D eigenvalue weighted by Crippen LogP contribution is 2.28. The zero-order valence-electron chi connectivity index (χ0n) is 20.6. The molecule has 5 aromatic rings. The number of fused-ring (bicyclic) bond motifs is 2. The van der Waals surface area contributed by atoms with E-state index in [1.807, 2.05) is 56.4 Å². The first-order valence-corrected chi connectivity index (χ1v) is 12.1. The SMILES string of the molecule is CCCOc1ccc(-c2cnc3ccccc3c2)cc1C(N)=O.Cn1cc(CCO)c2ccccc21. The van der Waals surface area contributed by atoms with E-state index in [1.165, 1.54) is 16.5 Å². The van der Waals surface area contributed by atoms with Crippen molar-refractivity contribution in [3.8, 4) is 16.9 Å². The number of aromatic nitrogens is 2. The third-order valence-corrected chi connectivity index (χ3v) is 5.99. The molecule has 5 rings (SSSR count). The number of benzene rings is 3. The van der Waals surface area contributed by atoms with Gasteiger partial charge in [0.2, 0.25) is 0 Å². The number of amides is 1.